The van der Waals surface area contributed by atoms with Crippen LogP contribution in [0, 0.1) is 0 Å². The number of fused-ring (bicyclic) bond motifs is 7. The lowest BCUT2D eigenvalue weighted by Gasteiger charge is -2.28. The third kappa shape index (κ3) is 3.97. The maximum absolute atomic E-state index is 7.00. The van der Waals surface area contributed by atoms with Crippen LogP contribution in [-0.2, 0) is 5.41 Å². The molecule has 0 aliphatic heterocycles. The standard InChI is InChI=1S/C36H27Cl2NS/c1-36(2,3)22-18-19-33-28(20-22)32(21-40-33)39(31-17-9-15-29(37)35(31)38)30-16-8-14-27-25-11-5-4-10-23(25)24-12-6-7-13-26(24)34(27)30/h4-21H,1-3H3. The number of hydrogen-bond donors (Lipinski definition) is 0. The molecule has 0 saturated heterocycles. The summed E-state index contributed by atoms with van der Waals surface area (Å²) in [6.45, 7) is 6.77. The highest BCUT2D eigenvalue weighted by molar-refractivity contribution is 7.17. The van der Waals surface area contributed by atoms with E-state index < -0.39 is 0 Å². The van der Waals surface area contributed by atoms with Gasteiger partial charge >= 0.3 is 0 Å². The molecule has 0 saturated carbocycles. The minimum Gasteiger partial charge on any atom is -0.307 e. The molecule has 40 heavy (non-hydrogen) atoms. The molecular formula is C36H27Cl2NS. The van der Waals surface area contributed by atoms with Gasteiger partial charge in [-0.2, -0.15) is 0 Å². The van der Waals surface area contributed by atoms with E-state index in [2.05, 4.69) is 122 Å². The van der Waals surface area contributed by atoms with Crippen LogP contribution in [0.4, 0.5) is 17.1 Å². The largest absolute Gasteiger partial charge is 0.307 e. The minimum atomic E-state index is 0.0283. The first-order chi connectivity index (χ1) is 19.3. The second kappa shape index (κ2) is 9.52. The number of rotatable bonds is 3. The van der Waals surface area contributed by atoms with Gasteiger partial charge in [-0.25, -0.2) is 0 Å². The first kappa shape index (κ1) is 25.4. The minimum absolute atomic E-state index is 0.0283. The Morgan fingerprint density at radius 3 is 1.82 bits per heavy atom. The molecule has 1 heterocycles. The maximum Gasteiger partial charge on any atom is 0.0832 e. The molecule has 6 aromatic carbocycles. The molecule has 0 atom stereocenters. The molecule has 0 spiro atoms. The summed E-state index contributed by atoms with van der Waals surface area (Å²) in [7, 11) is 0. The van der Waals surface area contributed by atoms with Gasteiger partial charge in [0, 0.05) is 20.9 Å². The molecular weight excluding hydrogens is 549 g/mol. The van der Waals surface area contributed by atoms with E-state index in [0.29, 0.717) is 10.0 Å². The number of benzene rings is 6. The van der Waals surface area contributed by atoms with E-state index in [9.17, 15) is 0 Å². The first-order valence-electron chi connectivity index (χ1n) is 13.4. The van der Waals surface area contributed by atoms with Crippen molar-refractivity contribution >= 4 is 94.0 Å². The van der Waals surface area contributed by atoms with Gasteiger partial charge in [-0.05, 0) is 68.2 Å². The third-order valence-corrected chi connectivity index (χ3v) is 9.58. The van der Waals surface area contributed by atoms with Gasteiger partial charge in [-0.3, -0.25) is 0 Å². The third-order valence-electron chi connectivity index (χ3n) is 7.82. The molecule has 0 aliphatic rings. The van der Waals surface area contributed by atoms with Crippen LogP contribution in [0.3, 0.4) is 0 Å². The Balaban J connectivity index is 1.64. The quantitative estimate of drug-likeness (QED) is 0.189. The lowest BCUT2D eigenvalue weighted by atomic mass is 9.86. The topological polar surface area (TPSA) is 3.24 Å². The highest BCUT2D eigenvalue weighted by Gasteiger charge is 2.24. The first-order valence-corrected chi connectivity index (χ1v) is 15.0. The number of nitrogens with zero attached hydrogens (tertiary/aromatic N) is 1. The average Bonchev–Trinajstić information content (AvgIpc) is 3.38. The maximum atomic E-state index is 7.00. The van der Waals surface area contributed by atoms with Crippen molar-refractivity contribution < 1.29 is 0 Å². The summed E-state index contributed by atoms with van der Waals surface area (Å²) in [5, 5.41) is 11.9. The molecule has 0 bridgehead atoms. The summed E-state index contributed by atoms with van der Waals surface area (Å²) >= 11 is 15.4. The van der Waals surface area contributed by atoms with Crippen molar-refractivity contribution in [1.29, 1.82) is 0 Å². The monoisotopic (exact) mass is 575 g/mol. The van der Waals surface area contributed by atoms with Gasteiger partial charge in [0.05, 0.1) is 27.1 Å². The van der Waals surface area contributed by atoms with Crippen LogP contribution in [0.2, 0.25) is 10.0 Å². The van der Waals surface area contributed by atoms with Crippen LogP contribution < -0.4 is 4.90 Å². The summed E-state index contributed by atoms with van der Waals surface area (Å²) in [5.74, 6) is 0. The molecule has 4 heteroatoms. The summed E-state index contributed by atoms with van der Waals surface area (Å²) < 4.78 is 1.24. The zero-order valence-electron chi connectivity index (χ0n) is 22.5. The number of thiophene rings is 1. The molecule has 1 nitrogen and oxygen atoms in total. The highest BCUT2D eigenvalue weighted by Crippen LogP contribution is 2.50. The van der Waals surface area contributed by atoms with E-state index in [4.69, 9.17) is 23.2 Å². The van der Waals surface area contributed by atoms with Gasteiger partial charge in [0.25, 0.3) is 0 Å². The summed E-state index contributed by atoms with van der Waals surface area (Å²) in [4.78, 5) is 2.31. The molecule has 7 aromatic rings. The molecule has 0 fully saturated rings. The van der Waals surface area contributed by atoms with Gasteiger partial charge in [0.1, 0.15) is 0 Å². The van der Waals surface area contributed by atoms with Crippen LogP contribution in [-0.4, -0.2) is 0 Å². The number of halogens is 2. The van der Waals surface area contributed by atoms with Crippen molar-refractivity contribution in [3.05, 3.63) is 124 Å². The van der Waals surface area contributed by atoms with Crippen molar-refractivity contribution in [1.82, 2.24) is 0 Å². The van der Waals surface area contributed by atoms with E-state index in [-0.39, 0.29) is 5.41 Å². The van der Waals surface area contributed by atoms with Crippen LogP contribution in [0.25, 0.3) is 42.4 Å². The molecule has 0 aliphatic carbocycles. The normalized spacial score (nSPS) is 12.1. The van der Waals surface area contributed by atoms with Crippen molar-refractivity contribution in [3.63, 3.8) is 0 Å². The lowest BCUT2D eigenvalue weighted by molar-refractivity contribution is 0.591. The Bertz CT molecular complexity index is 2040. The zero-order chi connectivity index (χ0) is 27.6. The Labute approximate surface area is 248 Å². The van der Waals surface area contributed by atoms with Gasteiger partial charge in [0.15, 0.2) is 0 Å². The predicted octanol–water partition coefficient (Wildman–Crippen LogP) is 12.4. The van der Waals surface area contributed by atoms with Crippen LogP contribution in [0.15, 0.2) is 109 Å². The van der Waals surface area contributed by atoms with E-state index in [1.807, 2.05) is 12.1 Å². The second-order valence-corrected chi connectivity index (χ2v) is 13.0. The van der Waals surface area contributed by atoms with Crippen LogP contribution in [0.1, 0.15) is 26.3 Å². The fourth-order valence-corrected chi connectivity index (χ4v) is 7.12. The van der Waals surface area contributed by atoms with E-state index >= 15 is 0 Å². The number of hydrogen-bond acceptors (Lipinski definition) is 2. The Morgan fingerprint density at radius 2 is 1.15 bits per heavy atom. The lowest BCUT2D eigenvalue weighted by Crippen LogP contribution is -2.12. The van der Waals surface area contributed by atoms with Gasteiger partial charge in [-0.1, -0.05) is 117 Å². The zero-order valence-corrected chi connectivity index (χ0v) is 24.8. The predicted molar refractivity (Wildman–Crippen MR) is 178 cm³/mol. The van der Waals surface area contributed by atoms with Crippen molar-refractivity contribution in [2.75, 3.05) is 4.90 Å². The van der Waals surface area contributed by atoms with Crippen molar-refractivity contribution in [3.8, 4) is 0 Å². The van der Waals surface area contributed by atoms with Crippen molar-refractivity contribution in [2.45, 2.75) is 26.2 Å². The summed E-state index contributed by atoms with van der Waals surface area (Å²) in [6.07, 6.45) is 0. The number of anilines is 3. The molecule has 0 amide bonds. The van der Waals surface area contributed by atoms with Crippen LogP contribution >= 0.6 is 34.5 Å². The van der Waals surface area contributed by atoms with E-state index in [1.54, 1.807) is 11.3 Å². The summed E-state index contributed by atoms with van der Waals surface area (Å²) in [5.41, 5.74) is 4.36. The molecule has 196 valence electrons. The van der Waals surface area contributed by atoms with Gasteiger partial charge in [0.2, 0.25) is 0 Å². The fraction of sp³-hybridized carbons (Fsp3) is 0.111. The average molecular weight is 577 g/mol. The Morgan fingerprint density at radius 1 is 0.575 bits per heavy atom. The summed E-state index contributed by atoms with van der Waals surface area (Å²) in [6, 6.07) is 36.7. The molecule has 1 aromatic heterocycles. The SMILES string of the molecule is CC(C)(C)c1ccc2scc(N(c3cccc(Cl)c3Cl)c3cccc4c5ccccc5c5ccccc5c34)c2c1. The molecule has 0 radical (unpaired) electrons. The van der Waals surface area contributed by atoms with Crippen LogP contribution in [0.5, 0.6) is 0 Å². The van der Waals surface area contributed by atoms with E-state index in [0.717, 1.165) is 17.1 Å². The van der Waals surface area contributed by atoms with Crippen molar-refractivity contribution in [2.24, 2.45) is 0 Å². The Hall–Kier alpha value is -3.56. The highest BCUT2D eigenvalue weighted by atomic mass is 35.5. The van der Waals surface area contributed by atoms with Gasteiger partial charge in [-0.15, -0.1) is 11.3 Å². The molecule has 0 unspecified atom stereocenters. The van der Waals surface area contributed by atoms with Gasteiger partial charge < -0.3 is 4.90 Å². The smallest absolute Gasteiger partial charge is 0.0832 e. The molecule has 0 N–H and O–H groups in total. The van der Waals surface area contributed by atoms with E-state index in [1.165, 1.54) is 48.0 Å². The molecule has 7 rings (SSSR count). The fourth-order valence-electron chi connectivity index (χ4n) is 5.83. The second-order valence-electron chi connectivity index (χ2n) is 11.3. The Kier molecular flexibility index (Phi) is 6.05.